The fourth-order valence-corrected chi connectivity index (χ4v) is 2.46. The number of hydrogen-bond acceptors (Lipinski definition) is 1. The van der Waals surface area contributed by atoms with Crippen LogP contribution in [-0.4, -0.2) is 7.11 Å². The molecule has 2 unspecified atom stereocenters. The lowest BCUT2D eigenvalue weighted by atomic mass is 10.0. The van der Waals surface area contributed by atoms with Gasteiger partial charge in [-0.25, -0.2) is 0 Å². The Morgan fingerprint density at radius 3 is 2.50 bits per heavy atom. The van der Waals surface area contributed by atoms with Gasteiger partial charge in [-0.2, -0.15) is 0 Å². The van der Waals surface area contributed by atoms with E-state index in [-0.39, 0.29) is 0 Å². The monoisotopic (exact) mass is 190 g/mol. The fraction of sp³-hybridized carbons (Fsp3) is 0.538. The lowest BCUT2D eigenvalue weighted by Crippen LogP contribution is -2.05. The predicted octanol–water partition coefficient (Wildman–Crippen LogP) is 3.18. The summed E-state index contributed by atoms with van der Waals surface area (Å²) in [6.45, 7) is 6.62. The van der Waals surface area contributed by atoms with Crippen LogP contribution in [0.5, 0.6) is 0 Å². The first-order valence-corrected chi connectivity index (χ1v) is 5.26. The molecule has 1 heteroatoms. The van der Waals surface area contributed by atoms with Gasteiger partial charge in [0.2, 0.25) is 0 Å². The van der Waals surface area contributed by atoms with Gasteiger partial charge in [-0.3, -0.25) is 0 Å². The van der Waals surface area contributed by atoms with Crippen molar-refractivity contribution in [2.45, 2.75) is 33.3 Å². The first-order chi connectivity index (χ1) is 6.63. The van der Waals surface area contributed by atoms with Crippen molar-refractivity contribution in [3.8, 4) is 0 Å². The van der Waals surface area contributed by atoms with E-state index >= 15 is 0 Å². The molecule has 0 aromatic heterocycles. The second-order valence-corrected chi connectivity index (χ2v) is 4.47. The predicted molar refractivity (Wildman–Crippen MR) is 58.5 cm³/mol. The molecule has 14 heavy (non-hydrogen) atoms. The van der Waals surface area contributed by atoms with E-state index in [1.54, 1.807) is 0 Å². The quantitative estimate of drug-likeness (QED) is 0.661. The largest absolute Gasteiger partial charge is 0.376 e. The van der Waals surface area contributed by atoms with E-state index in [9.17, 15) is 0 Å². The smallest absolute Gasteiger partial charge is 0.0852 e. The Bertz CT molecular complexity index is 354. The van der Waals surface area contributed by atoms with Gasteiger partial charge in [0.1, 0.15) is 0 Å². The average Bonchev–Trinajstić information content (AvgIpc) is 2.42. The van der Waals surface area contributed by atoms with E-state index in [4.69, 9.17) is 4.74 Å². The van der Waals surface area contributed by atoms with Crippen molar-refractivity contribution in [3.05, 3.63) is 34.4 Å². The second-order valence-electron chi connectivity index (χ2n) is 4.47. The molecule has 0 heterocycles. The molecule has 1 aliphatic carbocycles. The lowest BCUT2D eigenvalue weighted by Gasteiger charge is -2.15. The molecule has 0 bridgehead atoms. The van der Waals surface area contributed by atoms with Crippen LogP contribution in [-0.2, 0) is 11.2 Å². The molecule has 1 nitrogen and oxygen atoms in total. The van der Waals surface area contributed by atoms with Crippen molar-refractivity contribution < 1.29 is 4.74 Å². The molecule has 0 spiro atoms. The Labute approximate surface area is 86.1 Å². The SMILES string of the molecule is COC1c2cc(C)c(C)cc2CC1C. The van der Waals surface area contributed by atoms with Crippen LogP contribution in [0.25, 0.3) is 0 Å². The van der Waals surface area contributed by atoms with Crippen LogP contribution < -0.4 is 0 Å². The van der Waals surface area contributed by atoms with Crippen molar-refractivity contribution in [2.75, 3.05) is 7.11 Å². The summed E-state index contributed by atoms with van der Waals surface area (Å²) in [5, 5.41) is 0. The highest BCUT2D eigenvalue weighted by Gasteiger charge is 2.29. The van der Waals surface area contributed by atoms with Crippen molar-refractivity contribution in [1.82, 2.24) is 0 Å². The van der Waals surface area contributed by atoms with E-state index in [1.165, 1.54) is 22.3 Å². The summed E-state index contributed by atoms with van der Waals surface area (Å²) in [6, 6.07) is 4.61. The van der Waals surface area contributed by atoms with Gasteiger partial charge in [0, 0.05) is 7.11 Å². The standard InChI is InChI=1S/C13H18O/c1-8-5-11-6-10(3)13(14-4)12(11)7-9(8)2/h5,7,10,13H,6H2,1-4H3. The van der Waals surface area contributed by atoms with E-state index < -0.39 is 0 Å². The molecule has 0 saturated carbocycles. The first-order valence-electron chi connectivity index (χ1n) is 5.26. The summed E-state index contributed by atoms with van der Waals surface area (Å²) < 4.78 is 5.54. The van der Waals surface area contributed by atoms with Gasteiger partial charge >= 0.3 is 0 Å². The van der Waals surface area contributed by atoms with Crippen LogP contribution >= 0.6 is 0 Å². The fourth-order valence-electron chi connectivity index (χ4n) is 2.46. The number of benzene rings is 1. The summed E-state index contributed by atoms with van der Waals surface area (Å²) in [6.07, 6.45) is 1.47. The zero-order valence-corrected chi connectivity index (χ0v) is 9.42. The van der Waals surface area contributed by atoms with Crippen molar-refractivity contribution in [3.63, 3.8) is 0 Å². The molecule has 1 aromatic rings. The molecule has 0 radical (unpaired) electrons. The van der Waals surface area contributed by atoms with E-state index in [2.05, 4.69) is 32.9 Å². The number of aryl methyl sites for hydroxylation is 2. The molecular weight excluding hydrogens is 172 g/mol. The molecule has 0 fully saturated rings. The van der Waals surface area contributed by atoms with Crippen molar-refractivity contribution in [2.24, 2.45) is 5.92 Å². The maximum absolute atomic E-state index is 5.54. The minimum Gasteiger partial charge on any atom is -0.376 e. The number of ether oxygens (including phenoxy) is 1. The van der Waals surface area contributed by atoms with Gasteiger partial charge < -0.3 is 4.74 Å². The highest BCUT2D eigenvalue weighted by Crippen LogP contribution is 2.39. The first kappa shape index (κ1) is 9.72. The molecule has 0 N–H and O–H groups in total. The van der Waals surface area contributed by atoms with Gasteiger partial charge in [0.15, 0.2) is 0 Å². The third-order valence-electron chi connectivity index (χ3n) is 3.37. The van der Waals surface area contributed by atoms with E-state index in [0.29, 0.717) is 12.0 Å². The van der Waals surface area contributed by atoms with Crippen LogP contribution in [0.3, 0.4) is 0 Å². The molecule has 0 aliphatic heterocycles. The molecule has 0 amide bonds. The molecule has 2 atom stereocenters. The summed E-state index contributed by atoms with van der Waals surface area (Å²) in [4.78, 5) is 0. The molecule has 1 aromatic carbocycles. The summed E-state index contributed by atoms with van der Waals surface area (Å²) in [5.41, 5.74) is 5.66. The van der Waals surface area contributed by atoms with E-state index in [1.807, 2.05) is 7.11 Å². The molecular formula is C13H18O. The molecule has 0 saturated heterocycles. The third-order valence-corrected chi connectivity index (χ3v) is 3.37. The maximum atomic E-state index is 5.54. The average molecular weight is 190 g/mol. The highest BCUT2D eigenvalue weighted by molar-refractivity contribution is 5.41. The lowest BCUT2D eigenvalue weighted by molar-refractivity contribution is 0.0695. The van der Waals surface area contributed by atoms with Crippen molar-refractivity contribution in [1.29, 1.82) is 0 Å². The number of fused-ring (bicyclic) bond motifs is 1. The minimum absolute atomic E-state index is 0.310. The number of hydrogen-bond donors (Lipinski definition) is 0. The van der Waals surface area contributed by atoms with Crippen LogP contribution in [0.1, 0.15) is 35.3 Å². The van der Waals surface area contributed by atoms with Gasteiger partial charge in [0.05, 0.1) is 6.10 Å². The second kappa shape index (κ2) is 3.39. The molecule has 1 aliphatic rings. The van der Waals surface area contributed by atoms with Crippen LogP contribution in [0, 0.1) is 19.8 Å². The molecule has 76 valence electrons. The van der Waals surface area contributed by atoms with Gasteiger partial charge in [-0.15, -0.1) is 0 Å². The van der Waals surface area contributed by atoms with Gasteiger partial charge in [0.25, 0.3) is 0 Å². The summed E-state index contributed by atoms with van der Waals surface area (Å²) in [5.74, 6) is 0.621. The zero-order chi connectivity index (χ0) is 10.3. The third kappa shape index (κ3) is 1.36. The topological polar surface area (TPSA) is 9.23 Å². The van der Waals surface area contributed by atoms with Crippen LogP contribution in [0.15, 0.2) is 12.1 Å². The Hall–Kier alpha value is -0.820. The Balaban J connectivity index is 2.49. The normalized spacial score (nSPS) is 25.1. The van der Waals surface area contributed by atoms with Crippen LogP contribution in [0.4, 0.5) is 0 Å². The Kier molecular flexibility index (Phi) is 2.36. The van der Waals surface area contributed by atoms with Gasteiger partial charge in [-0.05, 0) is 48.4 Å². The summed E-state index contributed by atoms with van der Waals surface area (Å²) in [7, 11) is 1.81. The van der Waals surface area contributed by atoms with Crippen molar-refractivity contribution >= 4 is 0 Å². The zero-order valence-electron chi connectivity index (χ0n) is 9.42. The maximum Gasteiger partial charge on any atom is 0.0852 e. The summed E-state index contributed by atoms with van der Waals surface area (Å²) >= 11 is 0. The number of methoxy groups -OCH3 is 1. The minimum atomic E-state index is 0.310. The Morgan fingerprint density at radius 1 is 1.21 bits per heavy atom. The molecule has 2 rings (SSSR count). The number of rotatable bonds is 1. The Morgan fingerprint density at radius 2 is 1.86 bits per heavy atom. The highest BCUT2D eigenvalue weighted by atomic mass is 16.5. The van der Waals surface area contributed by atoms with E-state index in [0.717, 1.165) is 6.42 Å². The van der Waals surface area contributed by atoms with Gasteiger partial charge in [-0.1, -0.05) is 19.1 Å². The van der Waals surface area contributed by atoms with Crippen LogP contribution in [0.2, 0.25) is 0 Å².